The summed E-state index contributed by atoms with van der Waals surface area (Å²) in [5, 5.41) is 17.0. The van der Waals surface area contributed by atoms with Crippen molar-refractivity contribution in [1.82, 2.24) is 0 Å². The number of fused-ring (bicyclic) bond motifs is 11. The SMILES string of the molecule is CC1(C)c2ccccc2-c2cc3c(N(c4ccc5ccccc5c4)c4ccc5cc6ccccc6cc5c4)c4ccccc4c(N(C4=CC5C=CC=CC5C=C4)c4ccc5cc6ccccc6cc5c4)c3cc21. The lowest BCUT2D eigenvalue weighted by Crippen LogP contribution is -2.22. The Bertz CT molecular complexity index is 4450. The van der Waals surface area contributed by atoms with E-state index in [0.29, 0.717) is 5.92 Å². The monoisotopic (exact) mass is 930 g/mol. The van der Waals surface area contributed by atoms with Crippen LogP contribution in [0.1, 0.15) is 25.0 Å². The maximum Gasteiger partial charge on any atom is 0.0620 e. The van der Waals surface area contributed by atoms with Crippen LogP contribution in [0.25, 0.3) is 86.5 Å². The van der Waals surface area contributed by atoms with Gasteiger partial charge in [0.2, 0.25) is 0 Å². The van der Waals surface area contributed by atoms with E-state index >= 15 is 0 Å². The number of anilines is 5. The van der Waals surface area contributed by atoms with Crippen molar-refractivity contribution in [3.8, 4) is 11.1 Å². The highest BCUT2D eigenvalue weighted by Crippen LogP contribution is 2.56. The molecule has 2 nitrogen and oxygen atoms in total. The summed E-state index contributed by atoms with van der Waals surface area (Å²) in [6.45, 7) is 4.82. The molecule has 2 atom stereocenters. The quantitative estimate of drug-likeness (QED) is 0.121. The summed E-state index contributed by atoms with van der Waals surface area (Å²) in [6, 6.07) is 80.1. The first-order valence-electron chi connectivity index (χ1n) is 25.7. The van der Waals surface area contributed by atoms with Crippen molar-refractivity contribution < 1.29 is 0 Å². The van der Waals surface area contributed by atoms with E-state index in [0.717, 1.165) is 28.4 Å². The highest BCUT2D eigenvalue weighted by Gasteiger charge is 2.37. The van der Waals surface area contributed by atoms with Crippen LogP contribution in [0.4, 0.5) is 28.4 Å². The second-order valence-electron chi connectivity index (χ2n) is 20.9. The zero-order chi connectivity index (χ0) is 48.4. The first kappa shape index (κ1) is 41.8. The molecule has 0 saturated carbocycles. The molecule has 0 aliphatic heterocycles. The first-order chi connectivity index (χ1) is 35.9. The molecule has 3 aliphatic rings. The molecule has 15 rings (SSSR count). The Balaban J connectivity index is 1.08. The maximum absolute atomic E-state index is 2.59. The largest absolute Gasteiger partial charge is 0.310 e. The van der Waals surface area contributed by atoms with Gasteiger partial charge in [-0.1, -0.05) is 190 Å². The Morgan fingerprint density at radius 3 is 1.41 bits per heavy atom. The van der Waals surface area contributed by atoms with Crippen molar-refractivity contribution in [1.29, 1.82) is 0 Å². The third kappa shape index (κ3) is 6.57. The molecule has 0 amide bonds. The minimum absolute atomic E-state index is 0.229. The van der Waals surface area contributed by atoms with E-state index < -0.39 is 0 Å². The highest BCUT2D eigenvalue weighted by molar-refractivity contribution is 6.24. The number of rotatable bonds is 6. The second-order valence-corrected chi connectivity index (χ2v) is 20.9. The number of benzene rings is 12. The van der Waals surface area contributed by atoms with Crippen molar-refractivity contribution in [3.63, 3.8) is 0 Å². The molecule has 3 aliphatic carbocycles. The zero-order valence-electron chi connectivity index (χ0n) is 40.8. The molecule has 12 aromatic carbocycles. The van der Waals surface area contributed by atoms with E-state index in [-0.39, 0.29) is 11.3 Å². The van der Waals surface area contributed by atoms with Crippen molar-refractivity contribution in [2.24, 2.45) is 11.8 Å². The van der Waals surface area contributed by atoms with Crippen LogP contribution in [-0.4, -0.2) is 0 Å². The Labute approximate surface area is 425 Å². The van der Waals surface area contributed by atoms with Crippen LogP contribution < -0.4 is 9.80 Å². The third-order valence-electron chi connectivity index (χ3n) is 16.3. The fraction of sp³-hybridized carbons (Fsp3) is 0.0704. The molecular weight excluding hydrogens is 881 g/mol. The van der Waals surface area contributed by atoms with E-state index in [1.807, 2.05) is 0 Å². The van der Waals surface area contributed by atoms with Crippen molar-refractivity contribution in [2.45, 2.75) is 19.3 Å². The topological polar surface area (TPSA) is 6.48 Å². The van der Waals surface area contributed by atoms with E-state index in [2.05, 4.69) is 279 Å². The summed E-state index contributed by atoms with van der Waals surface area (Å²) in [7, 11) is 0. The van der Waals surface area contributed by atoms with Gasteiger partial charge in [-0.3, -0.25) is 0 Å². The van der Waals surface area contributed by atoms with E-state index in [1.54, 1.807) is 0 Å². The van der Waals surface area contributed by atoms with Gasteiger partial charge >= 0.3 is 0 Å². The van der Waals surface area contributed by atoms with Crippen LogP contribution in [0.15, 0.2) is 261 Å². The minimum atomic E-state index is -0.229. The maximum atomic E-state index is 2.59. The predicted octanol–water partition coefficient (Wildman–Crippen LogP) is 19.5. The average Bonchev–Trinajstić information content (AvgIpc) is 3.70. The molecule has 344 valence electrons. The standard InChI is InChI=1S/C71H50N2/c1-71(2)67-26-14-13-23-61(67)64-43-65-66(44-68(64)71)70(73(58-32-28-46-16-4-6-22-52(46)40-58)60-34-30-54-36-48-18-8-10-20-50(48)38-56(54)42-60)63-25-12-11-24-62(63)69(65)72(57-31-27-45-15-3-5-21-51(45)39-57)59-33-29-53-35-47-17-7-9-19-49(47)37-55(53)41-59/h3-44,46,52H,1-2H3. The molecule has 2 unspecified atom stereocenters. The van der Waals surface area contributed by atoms with Crippen LogP contribution in [-0.2, 0) is 5.41 Å². The fourth-order valence-electron chi connectivity index (χ4n) is 12.7. The van der Waals surface area contributed by atoms with Crippen molar-refractivity contribution >= 4 is 104 Å². The van der Waals surface area contributed by atoms with Crippen LogP contribution in [0.2, 0.25) is 0 Å². The van der Waals surface area contributed by atoms with Crippen LogP contribution in [0.5, 0.6) is 0 Å². The lowest BCUT2D eigenvalue weighted by molar-refractivity contribution is 0.653. The second kappa shape index (κ2) is 16.0. The molecule has 12 aromatic rings. The van der Waals surface area contributed by atoms with Gasteiger partial charge in [-0.15, -0.1) is 0 Å². The van der Waals surface area contributed by atoms with Gasteiger partial charge in [-0.2, -0.15) is 0 Å². The van der Waals surface area contributed by atoms with Gasteiger partial charge in [-0.05, 0) is 155 Å². The lowest BCUT2D eigenvalue weighted by atomic mass is 9.81. The summed E-state index contributed by atoms with van der Waals surface area (Å²) < 4.78 is 0. The van der Waals surface area contributed by atoms with Gasteiger partial charge in [0.05, 0.1) is 11.4 Å². The third-order valence-corrected chi connectivity index (χ3v) is 16.3. The van der Waals surface area contributed by atoms with Crippen LogP contribution >= 0.6 is 0 Å². The fourth-order valence-corrected chi connectivity index (χ4v) is 12.7. The molecule has 0 N–H and O–H groups in total. The Kier molecular flexibility index (Phi) is 9.16. The molecule has 0 spiro atoms. The summed E-state index contributed by atoms with van der Waals surface area (Å²) in [5.74, 6) is 0.548. The van der Waals surface area contributed by atoms with Gasteiger partial charge in [0, 0.05) is 61.6 Å². The summed E-state index contributed by atoms with van der Waals surface area (Å²) >= 11 is 0. The van der Waals surface area contributed by atoms with E-state index in [4.69, 9.17) is 0 Å². The Morgan fingerprint density at radius 2 is 0.781 bits per heavy atom. The number of hydrogen-bond donors (Lipinski definition) is 0. The molecule has 2 heteroatoms. The normalized spacial score (nSPS) is 16.4. The van der Waals surface area contributed by atoms with Gasteiger partial charge in [0.15, 0.2) is 0 Å². The van der Waals surface area contributed by atoms with Crippen molar-refractivity contribution in [3.05, 3.63) is 272 Å². The average molecular weight is 931 g/mol. The van der Waals surface area contributed by atoms with Gasteiger partial charge in [0.1, 0.15) is 0 Å². The molecular formula is C71H50N2. The lowest BCUT2D eigenvalue weighted by Gasteiger charge is -2.35. The molecule has 0 heterocycles. The summed E-state index contributed by atoms with van der Waals surface area (Å²) in [5.41, 5.74) is 11.9. The van der Waals surface area contributed by atoms with Gasteiger partial charge in [0.25, 0.3) is 0 Å². The summed E-state index contributed by atoms with van der Waals surface area (Å²) in [6.07, 6.45) is 16.4. The van der Waals surface area contributed by atoms with Gasteiger partial charge < -0.3 is 9.80 Å². The molecule has 0 aromatic heterocycles. The molecule has 0 radical (unpaired) electrons. The molecule has 0 fully saturated rings. The van der Waals surface area contributed by atoms with Gasteiger partial charge in [-0.25, -0.2) is 0 Å². The van der Waals surface area contributed by atoms with E-state index in [9.17, 15) is 0 Å². The number of nitrogens with zero attached hydrogens (tertiary/aromatic N) is 2. The van der Waals surface area contributed by atoms with E-state index in [1.165, 1.54) is 103 Å². The van der Waals surface area contributed by atoms with Crippen molar-refractivity contribution in [2.75, 3.05) is 9.80 Å². The highest BCUT2D eigenvalue weighted by atomic mass is 15.2. The smallest absolute Gasteiger partial charge is 0.0620 e. The summed E-state index contributed by atoms with van der Waals surface area (Å²) in [4.78, 5) is 5.15. The number of allylic oxidation sites excluding steroid dienone is 7. The number of hydrogen-bond acceptors (Lipinski definition) is 2. The van der Waals surface area contributed by atoms with Crippen LogP contribution in [0.3, 0.4) is 0 Å². The Hall–Kier alpha value is -8.98. The molecule has 0 saturated heterocycles. The van der Waals surface area contributed by atoms with Crippen LogP contribution in [0, 0.1) is 11.8 Å². The first-order valence-corrected chi connectivity index (χ1v) is 25.7. The molecule has 0 bridgehead atoms. The molecule has 73 heavy (non-hydrogen) atoms. The Morgan fingerprint density at radius 1 is 0.329 bits per heavy atom. The minimum Gasteiger partial charge on any atom is -0.310 e. The predicted molar refractivity (Wildman–Crippen MR) is 312 cm³/mol. The zero-order valence-corrected chi connectivity index (χ0v) is 40.8.